The fourth-order valence-corrected chi connectivity index (χ4v) is 3.50. The molecule has 1 N–H and O–H groups in total. The minimum absolute atomic E-state index is 0.506. The lowest BCUT2D eigenvalue weighted by Crippen LogP contribution is -2.40. The number of hydrogen-bond donors (Lipinski definition) is 1. The Kier molecular flexibility index (Phi) is 6.68. The van der Waals surface area contributed by atoms with Crippen molar-refractivity contribution in [2.45, 2.75) is 39.3 Å². The molecule has 3 nitrogen and oxygen atoms in total. The van der Waals surface area contributed by atoms with E-state index in [4.69, 9.17) is 0 Å². The van der Waals surface area contributed by atoms with Gasteiger partial charge in [0, 0.05) is 31.7 Å². The van der Waals surface area contributed by atoms with Gasteiger partial charge in [-0.2, -0.15) is 0 Å². The van der Waals surface area contributed by atoms with Crippen molar-refractivity contribution in [2.75, 3.05) is 39.3 Å². The van der Waals surface area contributed by atoms with Gasteiger partial charge in [-0.15, -0.1) is 0 Å². The van der Waals surface area contributed by atoms with Crippen LogP contribution in [-0.4, -0.2) is 55.1 Å². The van der Waals surface area contributed by atoms with E-state index in [1.807, 2.05) is 0 Å². The number of nitrogens with one attached hydrogen (secondary N) is 1. The Balaban J connectivity index is 2.05. The summed E-state index contributed by atoms with van der Waals surface area (Å²) in [5, 5.41) is 3.54. The first-order chi connectivity index (χ1) is 10.3. The molecule has 1 heterocycles. The molecule has 1 aliphatic heterocycles. The van der Waals surface area contributed by atoms with Gasteiger partial charge >= 0.3 is 0 Å². The summed E-state index contributed by atoms with van der Waals surface area (Å²) in [5.41, 5.74) is 1.44. The van der Waals surface area contributed by atoms with Crippen molar-refractivity contribution in [1.29, 1.82) is 0 Å². The van der Waals surface area contributed by atoms with Crippen LogP contribution in [0.25, 0.3) is 0 Å². The third kappa shape index (κ3) is 4.29. The zero-order valence-electron chi connectivity index (χ0n) is 13.9. The van der Waals surface area contributed by atoms with Gasteiger partial charge in [-0.25, -0.2) is 0 Å². The highest BCUT2D eigenvalue weighted by Gasteiger charge is 2.31. The van der Waals surface area contributed by atoms with Crippen molar-refractivity contribution in [3.63, 3.8) is 0 Å². The summed E-state index contributed by atoms with van der Waals surface area (Å²) in [6, 6.07) is 12.2. The van der Waals surface area contributed by atoms with Crippen LogP contribution in [0.2, 0.25) is 0 Å². The number of benzene rings is 1. The molecule has 0 aromatic heterocycles. The smallest absolute Gasteiger partial charge is 0.0473 e. The number of nitrogens with zero attached hydrogens (tertiary/aromatic N) is 2. The van der Waals surface area contributed by atoms with Crippen LogP contribution in [0.5, 0.6) is 0 Å². The second kappa shape index (κ2) is 8.52. The van der Waals surface area contributed by atoms with Crippen LogP contribution in [0.4, 0.5) is 0 Å². The lowest BCUT2D eigenvalue weighted by atomic mass is 10.1. The van der Waals surface area contributed by atoms with E-state index >= 15 is 0 Å². The summed E-state index contributed by atoms with van der Waals surface area (Å²) in [6.45, 7) is 13.6. The summed E-state index contributed by atoms with van der Waals surface area (Å²) in [4.78, 5) is 5.27. The number of likely N-dealkylation sites (tertiary alicyclic amines) is 1. The molecule has 2 atom stereocenters. The van der Waals surface area contributed by atoms with Crippen LogP contribution in [0.1, 0.15) is 38.8 Å². The topological polar surface area (TPSA) is 18.5 Å². The van der Waals surface area contributed by atoms with E-state index in [0.29, 0.717) is 6.04 Å². The molecule has 1 fully saturated rings. The Labute approximate surface area is 130 Å². The van der Waals surface area contributed by atoms with Crippen LogP contribution in [0, 0.1) is 0 Å². The van der Waals surface area contributed by atoms with E-state index in [2.05, 4.69) is 66.2 Å². The van der Waals surface area contributed by atoms with E-state index < -0.39 is 0 Å². The zero-order valence-corrected chi connectivity index (χ0v) is 13.9. The molecule has 21 heavy (non-hydrogen) atoms. The quantitative estimate of drug-likeness (QED) is 0.794. The Morgan fingerprint density at radius 2 is 1.90 bits per heavy atom. The molecule has 1 saturated heterocycles. The third-order valence-electron chi connectivity index (χ3n) is 4.74. The zero-order chi connectivity index (χ0) is 15.1. The van der Waals surface area contributed by atoms with Gasteiger partial charge in [0.2, 0.25) is 0 Å². The summed E-state index contributed by atoms with van der Waals surface area (Å²) < 4.78 is 0. The van der Waals surface area contributed by atoms with E-state index in [1.54, 1.807) is 0 Å². The molecule has 2 unspecified atom stereocenters. The number of hydrogen-bond acceptors (Lipinski definition) is 3. The number of rotatable bonds is 8. The molecule has 1 aliphatic rings. The molecule has 0 radical (unpaired) electrons. The van der Waals surface area contributed by atoms with Crippen molar-refractivity contribution in [1.82, 2.24) is 15.1 Å². The predicted octanol–water partition coefficient (Wildman–Crippen LogP) is 2.75. The molecule has 0 aliphatic carbocycles. The van der Waals surface area contributed by atoms with Crippen molar-refractivity contribution in [2.24, 2.45) is 0 Å². The van der Waals surface area contributed by atoms with Gasteiger partial charge in [0.25, 0.3) is 0 Å². The molecule has 0 amide bonds. The fourth-order valence-electron chi connectivity index (χ4n) is 3.50. The standard InChI is InChI=1S/C18H31N3/c1-4-19-14-18(16-10-8-7-9-11-16)21-13-12-17(15-21)20(5-2)6-3/h7-11,17-19H,4-6,12-15H2,1-3H3. The largest absolute Gasteiger partial charge is 0.315 e. The van der Waals surface area contributed by atoms with Gasteiger partial charge in [0.1, 0.15) is 0 Å². The first kappa shape index (κ1) is 16.5. The summed E-state index contributed by atoms with van der Waals surface area (Å²) in [5.74, 6) is 0. The average molecular weight is 289 g/mol. The molecule has 2 rings (SSSR count). The Hall–Kier alpha value is -0.900. The van der Waals surface area contributed by atoms with Gasteiger partial charge in [-0.1, -0.05) is 51.1 Å². The molecule has 118 valence electrons. The van der Waals surface area contributed by atoms with E-state index in [0.717, 1.165) is 32.2 Å². The van der Waals surface area contributed by atoms with Crippen LogP contribution in [0.3, 0.4) is 0 Å². The van der Waals surface area contributed by atoms with Crippen molar-refractivity contribution in [3.05, 3.63) is 35.9 Å². The highest BCUT2D eigenvalue weighted by molar-refractivity contribution is 5.20. The molecule has 1 aromatic carbocycles. The highest BCUT2D eigenvalue weighted by Crippen LogP contribution is 2.26. The molecular formula is C18H31N3. The minimum atomic E-state index is 0.506. The van der Waals surface area contributed by atoms with Gasteiger partial charge in [-0.05, 0) is 31.6 Å². The maximum atomic E-state index is 3.54. The maximum Gasteiger partial charge on any atom is 0.0473 e. The molecule has 1 aromatic rings. The molecule has 3 heteroatoms. The highest BCUT2D eigenvalue weighted by atomic mass is 15.3. The molecule has 0 bridgehead atoms. The van der Waals surface area contributed by atoms with Crippen LogP contribution < -0.4 is 5.32 Å². The Bertz CT molecular complexity index is 389. The first-order valence-corrected chi connectivity index (χ1v) is 8.53. The third-order valence-corrected chi connectivity index (χ3v) is 4.74. The Morgan fingerprint density at radius 3 is 2.52 bits per heavy atom. The maximum absolute atomic E-state index is 3.54. The predicted molar refractivity (Wildman–Crippen MR) is 90.6 cm³/mol. The second-order valence-corrected chi connectivity index (χ2v) is 5.89. The van der Waals surface area contributed by atoms with Crippen LogP contribution in [0.15, 0.2) is 30.3 Å². The average Bonchev–Trinajstić information content (AvgIpc) is 3.00. The fraction of sp³-hybridized carbons (Fsp3) is 0.667. The second-order valence-electron chi connectivity index (χ2n) is 5.89. The van der Waals surface area contributed by atoms with Crippen molar-refractivity contribution in [3.8, 4) is 0 Å². The Morgan fingerprint density at radius 1 is 1.19 bits per heavy atom. The van der Waals surface area contributed by atoms with Crippen LogP contribution >= 0.6 is 0 Å². The van der Waals surface area contributed by atoms with Crippen molar-refractivity contribution < 1.29 is 0 Å². The molecular weight excluding hydrogens is 258 g/mol. The summed E-state index contributed by atoms with van der Waals surface area (Å²) in [7, 11) is 0. The molecule has 0 saturated carbocycles. The summed E-state index contributed by atoms with van der Waals surface area (Å²) in [6.07, 6.45) is 1.30. The first-order valence-electron chi connectivity index (χ1n) is 8.53. The van der Waals surface area contributed by atoms with Gasteiger partial charge in [0.15, 0.2) is 0 Å². The number of likely N-dealkylation sites (N-methyl/N-ethyl adjacent to an activating group) is 2. The normalized spacial score (nSPS) is 21.0. The SMILES string of the molecule is CCNCC(c1ccccc1)N1CCC(N(CC)CC)C1. The van der Waals surface area contributed by atoms with E-state index in [1.165, 1.54) is 25.1 Å². The van der Waals surface area contributed by atoms with Crippen LogP contribution in [-0.2, 0) is 0 Å². The van der Waals surface area contributed by atoms with E-state index in [-0.39, 0.29) is 0 Å². The summed E-state index contributed by atoms with van der Waals surface area (Å²) >= 11 is 0. The van der Waals surface area contributed by atoms with Gasteiger partial charge < -0.3 is 5.32 Å². The van der Waals surface area contributed by atoms with Gasteiger partial charge in [-0.3, -0.25) is 9.80 Å². The lowest BCUT2D eigenvalue weighted by Gasteiger charge is -2.31. The van der Waals surface area contributed by atoms with Crippen molar-refractivity contribution >= 4 is 0 Å². The lowest BCUT2D eigenvalue weighted by molar-refractivity contribution is 0.186. The monoisotopic (exact) mass is 289 g/mol. The minimum Gasteiger partial charge on any atom is -0.315 e. The van der Waals surface area contributed by atoms with Gasteiger partial charge in [0.05, 0.1) is 0 Å². The van der Waals surface area contributed by atoms with E-state index in [9.17, 15) is 0 Å². The molecule has 0 spiro atoms.